The van der Waals surface area contributed by atoms with Crippen LogP contribution in [0.5, 0.6) is 0 Å². The lowest BCUT2D eigenvalue weighted by Gasteiger charge is -2.18. The first-order valence-electron chi connectivity index (χ1n) is 26.1. The van der Waals surface area contributed by atoms with Crippen molar-refractivity contribution in [1.82, 2.24) is 9.55 Å². The van der Waals surface area contributed by atoms with Crippen molar-refractivity contribution in [1.29, 1.82) is 0 Å². The number of para-hydroxylation sites is 2. The molecule has 1 heterocycles. The molecule has 2 heteroatoms. The van der Waals surface area contributed by atoms with Gasteiger partial charge in [-0.2, -0.15) is 0 Å². The quantitative estimate of drug-likeness (QED) is 0.164. The number of nitrogens with zero attached hydrogens (tertiary/aromatic N) is 2. The number of hydrogen-bond acceptors (Lipinski definition) is 1. The van der Waals surface area contributed by atoms with Crippen LogP contribution in [-0.4, -0.2) is 9.55 Å². The van der Waals surface area contributed by atoms with Gasteiger partial charge in [-0.05, 0) is 96.4 Å². The molecule has 0 amide bonds. The second kappa shape index (κ2) is 12.1. The maximum Gasteiger partial charge on any atom is 0.114 e. The molecule has 1 aromatic heterocycles. The molecule has 0 spiro atoms. The summed E-state index contributed by atoms with van der Waals surface area (Å²) in [4.78, 5) is 4.36. The molecular weight excluding hydrogens is 593 g/mol. The Kier molecular flexibility index (Phi) is 3.47. The van der Waals surface area contributed by atoms with E-state index in [4.69, 9.17) is 23.3 Å². The van der Waals surface area contributed by atoms with Gasteiger partial charge >= 0.3 is 0 Å². The van der Waals surface area contributed by atoms with Crippen LogP contribution in [0.4, 0.5) is 0 Å². The van der Waals surface area contributed by atoms with E-state index >= 15 is 0 Å². The first-order valence-corrected chi connectivity index (χ1v) is 15.1. The van der Waals surface area contributed by atoms with Crippen LogP contribution in [-0.2, 0) is 6.37 Å². The third-order valence-corrected chi connectivity index (χ3v) is 8.31. The van der Waals surface area contributed by atoms with Gasteiger partial charge in [-0.25, -0.2) is 4.98 Å². The highest BCUT2D eigenvalue weighted by molar-refractivity contribution is 6.21. The number of hydrogen-bond donors (Lipinski definition) is 0. The van der Waals surface area contributed by atoms with Crippen molar-refractivity contribution in [2.24, 2.45) is 0 Å². The zero-order valence-electron chi connectivity index (χ0n) is 47.3. The first-order chi connectivity index (χ1) is 33.3. The lowest BCUT2D eigenvalue weighted by molar-refractivity contribution is 0.908. The summed E-state index contributed by atoms with van der Waals surface area (Å²) >= 11 is 0. The second-order valence-corrected chi connectivity index (χ2v) is 11.0. The van der Waals surface area contributed by atoms with E-state index in [-0.39, 0.29) is 17.0 Å². The highest BCUT2D eigenvalue weighted by Crippen LogP contribution is 2.44. The minimum absolute atomic E-state index is 0.156. The summed E-state index contributed by atoms with van der Waals surface area (Å²) in [6.45, 7) is -3.05. The fourth-order valence-electron chi connectivity index (χ4n) is 6.12. The highest BCUT2D eigenvalue weighted by Gasteiger charge is 2.17. The summed E-state index contributed by atoms with van der Waals surface area (Å²) < 4.78 is 194. The SMILES string of the molecule is [2H]c1c([2H])c([2H])c(-c2c3c([2H])c([2H])c([2H])c([2H])c3c(-c3c([2H])c([2H])c([2H])c([2H])c3[2H])c3c([2H])c(-c4ccc(-c5ccc(-n6c(C([2H])([2H])C([2H])([2H])[2H])nc7ccccc76)cc5)cc4)c([2H])c([2H])c23)c([2H])c1[2H]. The molecule has 232 valence electrons. The fourth-order valence-corrected chi connectivity index (χ4v) is 6.12. The molecule has 9 aromatic rings. The summed E-state index contributed by atoms with van der Waals surface area (Å²) in [6.07, 6.45) is -2.83. The van der Waals surface area contributed by atoms with Gasteiger partial charge in [0.05, 0.1) is 34.3 Å². The van der Waals surface area contributed by atoms with E-state index < -0.39 is 160 Å². The van der Waals surface area contributed by atoms with Gasteiger partial charge < -0.3 is 0 Å². The summed E-state index contributed by atoms with van der Waals surface area (Å²) in [5.41, 5.74) is 0.0927. The maximum atomic E-state index is 9.93. The summed E-state index contributed by atoms with van der Waals surface area (Å²) in [5, 5.41) is -2.07. The normalized spacial score (nSPS) is 18.4. The zero-order chi connectivity index (χ0) is 51.8. The predicted octanol–water partition coefficient (Wildman–Crippen LogP) is 12.6. The van der Waals surface area contributed by atoms with Crippen LogP contribution < -0.4 is 0 Å². The fraction of sp³-hybridized carbons (Fsp3) is 0.0426. The van der Waals surface area contributed by atoms with Crippen molar-refractivity contribution in [3.05, 3.63) is 181 Å². The maximum absolute atomic E-state index is 9.93. The number of rotatable bonds is 6. The van der Waals surface area contributed by atoms with Crippen LogP contribution in [0.1, 0.15) is 42.8 Å². The van der Waals surface area contributed by atoms with Crippen molar-refractivity contribution in [2.75, 3.05) is 0 Å². The Hall–Kier alpha value is -6.25. The number of imidazole rings is 1. The molecule has 0 atom stereocenters. The van der Waals surface area contributed by atoms with E-state index in [9.17, 15) is 6.85 Å². The van der Waals surface area contributed by atoms with Crippen LogP contribution >= 0.6 is 0 Å². The molecule has 2 nitrogen and oxygen atoms in total. The Bertz CT molecular complexity index is 3730. The van der Waals surface area contributed by atoms with E-state index in [1.807, 2.05) is 0 Å². The molecule has 9 rings (SSSR count). The molecule has 0 saturated carbocycles. The van der Waals surface area contributed by atoms with Crippen molar-refractivity contribution < 1.29 is 30.2 Å². The smallest absolute Gasteiger partial charge is 0.114 e. The van der Waals surface area contributed by atoms with Gasteiger partial charge in [0.1, 0.15) is 5.82 Å². The van der Waals surface area contributed by atoms with Crippen molar-refractivity contribution in [3.8, 4) is 50.2 Å². The van der Waals surface area contributed by atoms with Crippen molar-refractivity contribution in [2.45, 2.75) is 13.2 Å². The molecule has 0 radical (unpaired) electrons. The van der Waals surface area contributed by atoms with Crippen LogP contribution in [0.25, 0.3) is 82.8 Å². The highest BCUT2D eigenvalue weighted by atomic mass is 15.1. The number of fused-ring (bicyclic) bond motifs is 3. The molecule has 0 unspecified atom stereocenters. The van der Waals surface area contributed by atoms with Gasteiger partial charge in [-0.1, -0.05) is 152 Å². The lowest BCUT2D eigenvalue weighted by atomic mass is 9.85. The predicted molar refractivity (Wildman–Crippen MR) is 207 cm³/mol. The minimum atomic E-state index is -3.05. The summed E-state index contributed by atoms with van der Waals surface area (Å²) in [7, 11) is 0. The molecule has 0 aliphatic heterocycles. The van der Waals surface area contributed by atoms with E-state index in [0.29, 0.717) is 27.8 Å². The zero-order valence-corrected chi connectivity index (χ0v) is 25.3. The average Bonchev–Trinajstić information content (AvgIpc) is 3.75. The Labute approximate surface area is 317 Å². The lowest BCUT2D eigenvalue weighted by Crippen LogP contribution is -1.99. The minimum Gasteiger partial charge on any atom is -0.296 e. The van der Waals surface area contributed by atoms with E-state index in [1.54, 1.807) is 60.7 Å². The van der Waals surface area contributed by atoms with E-state index in [0.717, 1.165) is 0 Å². The average molecular weight is 649 g/mol. The van der Waals surface area contributed by atoms with Gasteiger partial charge in [0.2, 0.25) is 0 Å². The number of aromatic nitrogens is 2. The molecule has 0 saturated heterocycles. The van der Waals surface area contributed by atoms with Crippen molar-refractivity contribution >= 4 is 32.6 Å². The molecule has 0 aliphatic carbocycles. The molecule has 0 N–H and O–H groups in total. The largest absolute Gasteiger partial charge is 0.296 e. The molecule has 0 fully saturated rings. The molecule has 0 aliphatic rings. The number of benzene rings is 8. The first kappa shape index (κ1) is 14.1. The van der Waals surface area contributed by atoms with E-state index in [1.165, 1.54) is 16.7 Å². The Morgan fingerprint density at radius 1 is 0.531 bits per heavy atom. The van der Waals surface area contributed by atoms with Gasteiger partial charge in [0.25, 0.3) is 0 Å². The Morgan fingerprint density at radius 2 is 1.06 bits per heavy atom. The standard InChI is InChI=1S/C47H34N2/c1-2-45-48-43-19-11-12-20-44(43)49(45)38-28-25-33(26-29-38)32-21-23-34(24-22-32)37-27-30-41-42(31-37)47(36-15-7-4-8-16-36)40-18-10-9-17-39(40)46(41)35-13-5-3-6-14-35/h3-31H,2H2,1H3/i1D3,2D2,3D,4D,5D,6D,7D,8D,9D,10D,13D,14D,15D,16D,17D,18D,27D,30D,31D. The van der Waals surface area contributed by atoms with Crippen molar-refractivity contribution in [3.63, 3.8) is 0 Å². The molecule has 8 aromatic carbocycles. The van der Waals surface area contributed by atoms with E-state index in [2.05, 4.69) is 4.98 Å². The van der Waals surface area contributed by atoms with Gasteiger partial charge in [0.15, 0.2) is 0 Å². The summed E-state index contributed by atoms with van der Waals surface area (Å²) in [6, 6.07) is 6.07. The van der Waals surface area contributed by atoms with Gasteiger partial charge in [-0.3, -0.25) is 4.57 Å². The third-order valence-electron chi connectivity index (χ3n) is 8.31. The Morgan fingerprint density at radius 3 is 1.69 bits per heavy atom. The number of aryl methyl sites for hydroxylation is 1. The molecular formula is C47H34N2. The third kappa shape index (κ3) is 5.01. The van der Waals surface area contributed by atoms with Gasteiger partial charge in [0, 0.05) is 18.9 Å². The van der Waals surface area contributed by atoms with Crippen LogP contribution in [0.3, 0.4) is 0 Å². The van der Waals surface area contributed by atoms with Crippen LogP contribution in [0.15, 0.2) is 176 Å². The monoisotopic (exact) mass is 648 g/mol. The van der Waals surface area contributed by atoms with Crippen LogP contribution in [0.2, 0.25) is 0 Å². The van der Waals surface area contributed by atoms with Crippen LogP contribution in [0, 0.1) is 0 Å². The van der Waals surface area contributed by atoms with Gasteiger partial charge in [-0.15, -0.1) is 0 Å². The summed E-state index contributed by atoms with van der Waals surface area (Å²) in [5.74, 6) is -0.319. The molecule has 0 bridgehead atoms. The Balaban J connectivity index is 1.33. The second-order valence-electron chi connectivity index (χ2n) is 11.0. The topological polar surface area (TPSA) is 17.8 Å². The molecule has 49 heavy (non-hydrogen) atoms.